The van der Waals surface area contributed by atoms with Crippen molar-refractivity contribution in [3.05, 3.63) is 24.0 Å². The molecule has 5 nitrogen and oxygen atoms in total. The molecule has 19 heavy (non-hydrogen) atoms. The fourth-order valence-corrected chi connectivity index (χ4v) is 1.95. The van der Waals surface area contributed by atoms with Gasteiger partial charge in [-0.15, -0.1) is 0 Å². The second-order valence-corrected chi connectivity index (χ2v) is 5.04. The quantitative estimate of drug-likeness (QED) is 0.648. The second kappa shape index (κ2) is 7.31. The normalized spacial score (nSPS) is 14.6. The van der Waals surface area contributed by atoms with Crippen LogP contribution in [0.25, 0.3) is 0 Å². The summed E-state index contributed by atoms with van der Waals surface area (Å²) < 4.78 is 6.97. The number of hydrogen-bond donors (Lipinski definition) is 2. The number of nitrogens with zero attached hydrogens (tertiary/aromatic N) is 1. The minimum absolute atomic E-state index is 0.0984. The van der Waals surface area contributed by atoms with E-state index in [9.17, 15) is 4.79 Å². The third-order valence-corrected chi connectivity index (χ3v) is 3.31. The van der Waals surface area contributed by atoms with E-state index in [1.807, 2.05) is 22.9 Å². The Morgan fingerprint density at radius 2 is 2.37 bits per heavy atom. The van der Waals surface area contributed by atoms with Gasteiger partial charge in [0.05, 0.1) is 6.61 Å². The Bertz CT molecular complexity index is 399. The minimum Gasteiger partial charge on any atom is -0.383 e. The summed E-state index contributed by atoms with van der Waals surface area (Å²) in [5, 5.41) is 6.27. The zero-order valence-electron chi connectivity index (χ0n) is 11.5. The van der Waals surface area contributed by atoms with E-state index in [2.05, 4.69) is 10.6 Å². The average Bonchev–Trinajstić information content (AvgIpc) is 3.14. The average molecular weight is 265 g/mol. The van der Waals surface area contributed by atoms with Gasteiger partial charge in [-0.05, 0) is 30.9 Å². The fraction of sp³-hybridized carbons (Fsp3) is 0.643. The maximum Gasteiger partial charge on any atom is 0.239 e. The van der Waals surface area contributed by atoms with Crippen molar-refractivity contribution in [3.63, 3.8) is 0 Å². The minimum atomic E-state index is 0.0984. The Balaban J connectivity index is 1.72. The summed E-state index contributed by atoms with van der Waals surface area (Å²) in [5.41, 5.74) is 1.12. The molecule has 0 atom stereocenters. The predicted molar refractivity (Wildman–Crippen MR) is 73.7 cm³/mol. The molecule has 0 unspecified atom stereocenters. The molecule has 0 aliphatic heterocycles. The molecule has 2 N–H and O–H groups in total. The van der Waals surface area contributed by atoms with Crippen LogP contribution in [-0.2, 0) is 22.6 Å². The molecule has 0 bridgehead atoms. The summed E-state index contributed by atoms with van der Waals surface area (Å²) in [6, 6.07) is 4.01. The van der Waals surface area contributed by atoms with Crippen LogP contribution in [0, 0.1) is 5.92 Å². The Hall–Kier alpha value is -1.33. The SMILES string of the molecule is COCCNCc1cccn1CC(=O)NCC1CC1. The van der Waals surface area contributed by atoms with Crippen molar-refractivity contribution < 1.29 is 9.53 Å². The van der Waals surface area contributed by atoms with Crippen LogP contribution in [-0.4, -0.2) is 37.3 Å². The molecular weight excluding hydrogens is 242 g/mol. The highest BCUT2D eigenvalue weighted by atomic mass is 16.5. The van der Waals surface area contributed by atoms with Crippen molar-refractivity contribution >= 4 is 5.91 Å². The first-order valence-corrected chi connectivity index (χ1v) is 6.90. The number of rotatable bonds is 9. The highest BCUT2D eigenvalue weighted by Gasteiger charge is 2.21. The molecule has 1 aliphatic rings. The molecule has 1 aromatic rings. The van der Waals surface area contributed by atoms with Crippen molar-refractivity contribution in [1.29, 1.82) is 0 Å². The summed E-state index contributed by atoms with van der Waals surface area (Å²) in [5.74, 6) is 0.824. The Morgan fingerprint density at radius 3 is 3.11 bits per heavy atom. The van der Waals surface area contributed by atoms with Crippen molar-refractivity contribution in [3.8, 4) is 0 Å². The standard InChI is InChI=1S/C14H23N3O2/c1-19-8-6-15-10-13-3-2-7-17(13)11-14(18)16-9-12-4-5-12/h2-3,7,12,15H,4-6,8-11H2,1H3,(H,16,18). The number of nitrogens with one attached hydrogen (secondary N) is 2. The van der Waals surface area contributed by atoms with Crippen LogP contribution in [0.1, 0.15) is 18.5 Å². The second-order valence-electron chi connectivity index (χ2n) is 5.04. The lowest BCUT2D eigenvalue weighted by molar-refractivity contribution is -0.121. The molecule has 0 aromatic carbocycles. The van der Waals surface area contributed by atoms with Gasteiger partial charge in [0.15, 0.2) is 0 Å². The summed E-state index contributed by atoms with van der Waals surface area (Å²) in [6.07, 6.45) is 4.47. The number of ether oxygens (including phenoxy) is 1. The van der Waals surface area contributed by atoms with Gasteiger partial charge in [-0.3, -0.25) is 4.79 Å². The zero-order chi connectivity index (χ0) is 13.5. The largest absolute Gasteiger partial charge is 0.383 e. The first-order chi connectivity index (χ1) is 9.29. The molecule has 1 aliphatic carbocycles. The molecule has 0 spiro atoms. The van der Waals surface area contributed by atoms with Crippen LogP contribution >= 0.6 is 0 Å². The van der Waals surface area contributed by atoms with Crippen LogP contribution in [0.2, 0.25) is 0 Å². The Morgan fingerprint density at radius 1 is 1.53 bits per heavy atom. The van der Waals surface area contributed by atoms with Gasteiger partial charge in [0, 0.05) is 38.6 Å². The van der Waals surface area contributed by atoms with Gasteiger partial charge in [0.25, 0.3) is 0 Å². The molecule has 2 rings (SSSR count). The van der Waals surface area contributed by atoms with Gasteiger partial charge in [0.2, 0.25) is 5.91 Å². The third-order valence-electron chi connectivity index (χ3n) is 3.31. The van der Waals surface area contributed by atoms with Crippen molar-refractivity contribution in [2.75, 3.05) is 26.8 Å². The molecule has 0 saturated heterocycles. The zero-order valence-corrected chi connectivity index (χ0v) is 11.5. The van der Waals surface area contributed by atoms with E-state index in [0.717, 1.165) is 31.2 Å². The van der Waals surface area contributed by atoms with Crippen LogP contribution in [0.5, 0.6) is 0 Å². The lowest BCUT2D eigenvalue weighted by atomic mass is 10.4. The molecule has 0 radical (unpaired) electrons. The number of methoxy groups -OCH3 is 1. The number of hydrogen-bond acceptors (Lipinski definition) is 3. The monoisotopic (exact) mass is 265 g/mol. The third kappa shape index (κ3) is 5.04. The molecule has 1 amide bonds. The van der Waals surface area contributed by atoms with E-state index in [4.69, 9.17) is 4.74 Å². The lowest BCUT2D eigenvalue weighted by Gasteiger charge is -2.10. The van der Waals surface area contributed by atoms with Gasteiger partial charge >= 0.3 is 0 Å². The lowest BCUT2D eigenvalue weighted by Crippen LogP contribution is -2.30. The van der Waals surface area contributed by atoms with Crippen molar-refractivity contribution in [2.24, 2.45) is 5.92 Å². The summed E-state index contributed by atoms with van der Waals surface area (Å²) in [7, 11) is 1.69. The molecular formula is C14H23N3O2. The van der Waals surface area contributed by atoms with E-state index in [-0.39, 0.29) is 5.91 Å². The fourth-order valence-electron chi connectivity index (χ4n) is 1.95. The first kappa shape index (κ1) is 14.1. The van der Waals surface area contributed by atoms with Gasteiger partial charge in [0.1, 0.15) is 6.54 Å². The van der Waals surface area contributed by atoms with Crippen LogP contribution in [0.4, 0.5) is 0 Å². The summed E-state index contributed by atoms with van der Waals surface area (Å²) in [4.78, 5) is 11.8. The van der Waals surface area contributed by atoms with E-state index < -0.39 is 0 Å². The topological polar surface area (TPSA) is 55.3 Å². The number of aromatic nitrogens is 1. The van der Waals surface area contributed by atoms with Crippen LogP contribution in [0.15, 0.2) is 18.3 Å². The number of amides is 1. The highest BCUT2D eigenvalue weighted by Crippen LogP contribution is 2.27. The number of carbonyl (C=O) groups excluding carboxylic acids is 1. The van der Waals surface area contributed by atoms with E-state index in [0.29, 0.717) is 13.2 Å². The predicted octanol–water partition coefficient (Wildman–Crippen LogP) is 0.750. The van der Waals surface area contributed by atoms with Crippen LogP contribution < -0.4 is 10.6 Å². The molecule has 1 fully saturated rings. The molecule has 1 aromatic heterocycles. The molecule has 1 heterocycles. The smallest absolute Gasteiger partial charge is 0.239 e. The molecule has 5 heteroatoms. The summed E-state index contributed by atoms with van der Waals surface area (Å²) in [6.45, 7) is 3.51. The molecule has 1 saturated carbocycles. The summed E-state index contributed by atoms with van der Waals surface area (Å²) >= 11 is 0. The molecule has 106 valence electrons. The van der Waals surface area contributed by atoms with Gasteiger partial charge in [-0.25, -0.2) is 0 Å². The highest BCUT2D eigenvalue weighted by molar-refractivity contribution is 5.75. The van der Waals surface area contributed by atoms with Gasteiger partial charge < -0.3 is 19.9 Å². The maximum atomic E-state index is 11.8. The maximum absolute atomic E-state index is 11.8. The number of carbonyl (C=O) groups is 1. The van der Waals surface area contributed by atoms with E-state index in [1.54, 1.807) is 7.11 Å². The van der Waals surface area contributed by atoms with Crippen LogP contribution in [0.3, 0.4) is 0 Å². The van der Waals surface area contributed by atoms with E-state index >= 15 is 0 Å². The van der Waals surface area contributed by atoms with E-state index in [1.165, 1.54) is 12.8 Å². The first-order valence-electron chi connectivity index (χ1n) is 6.90. The van der Waals surface area contributed by atoms with Crippen molar-refractivity contribution in [2.45, 2.75) is 25.9 Å². The Kier molecular flexibility index (Phi) is 5.42. The van der Waals surface area contributed by atoms with Gasteiger partial charge in [-0.2, -0.15) is 0 Å². The van der Waals surface area contributed by atoms with Crippen molar-refractivity contribution in [1.82, 2.24) is 15.2 Å². The van der Waals surface area contributed by atoms with Gasteiger partial charge in [-0.1, -0.05) is 0 Å². The Labute approximate surface area is 114 Å².